The van der Waals surface area contributed by atoms with Crippen LogP contribution in [0.25, 0.3) is 11.0 Å². The molecular weight excluding hydrogens is 538 g/mol. The summed E-state index contributed by atoms with van der Waals surface area (Å²) in [7, 11) is -3.99. The molecule has 0 aliphatic carbocycles. The molecule has 1 aromatic heterocycles. The third-order valence-electron chi connectivity index (χ3n) is 7.23. The number of hydrogen-bond acceptors (Lipinski definition) is 9. The Morgan fingerprint density at radius 2 is 1.98 bits per heavy atom. The highest BCUT2D eigenvalue weighted by Crippen LogP contribution is 2.33. The Labute approximate surface area is 233 Å². The second-order valence-electron chi connectivity index (χ2n) is 10.7. The van der Waals surface area contributed by atoms with Crippen molar-refractivity contribution in [3.05, 3.63) is 60.3 Å². The normalized spacial score (nSPS) is 22.5. The summed E-state index contributed by atoms with van der Waals surface area (Å²) in [6.07, 6.45) is -0.281. The first-order valence-corrected chi connectivity index (χ1v) is 14.9. The lowest BCUT2D eigenvalue weighted by Crippen LogP contribution is -2.51. The van der Waals surface area contributed by atoms with Crippen LogP contribution in [-0.4, -0.2) is 79.9 Å². The third-order valence-corrected chi connectivity index (χ3v) is 9.06. The Balaban J connectivity index is 1.34. The Kier molecular flexibility index (Phi) is 8.71. The van der Waals surface area contributed by atoms with Crippen LogP contribution in [0.3, 0.4) is 0 Å². The van der Waals surface area contributed by atoms with Crippen LogP contribution in [0.5, 0.6) is 0 Å². The second kappa shape index (κ2) is 12.2. The van der Waals surface area contributed by atoms with Gasteiger partial charge in [0.25, 0.3) is 0 Å². The van der Waals surface area contributed by atoms with Crippen molar-refractivity contribution in [3.63, 3.8) is 0 Å². The molecule has 2 aliphatic heterocycles. The lowest BCUT2D eigenvalue weighted by Gasteiger charge is -2.31. The molecule has 2 N–H and O–H groups in total. The van der Waals surface area contributed by atoms with Crippen molar-refractivity contribution in [1.29, 1.82) is 0 Å². The first-order chi connectivity index (χ1) is 19.2. The molecule has 4 unspecified atom stereocenters. The van der Waals surface area contributed by atoms with Crippen molar-refractivity contribution in [2.24, 2.45) is 11.8 Å². The van der Waals surface area contributed by atoms with Crippen LogP contribution in [0.4, 0.5) is 4.79 Å². The maximum atomic E-state index is 13.7. The van der Waals surface area contributed by atoms with Gasteiger partial charge in [0, 0.05) is 18.5 Å². The summed E-state index contributed by atoms with van der Waals surface area (Å²) in [6, 6.07) is 13.1. The van der Waals surface area contributed by atoms with E-state index in [2.05, 4.69) is 10.5 Å². The molecule has 12 heteroatoms. The number of rotatable bonds is 11. The minimum Gasteiger partial charge on any atom is -0.443 e. The van der Waals surface area contributed by atoms with E-state index in [9.17, 15) is 18.3 Å². The van der Waals surface area contributed by atoms with E-state index in [-0.39, 0.29) is 49.1 Å². The smallest absolute Gasteiger partial charge is 0.407 e. The molecule has 2 fully saturated rings. The van der Waals surface area contributed by atoms with Crippen LogP contribution < -0.4 is 5.32 Å². The Morgan fingerprint density at radius 3 is 2.75 bits per heavy atom. The predicted molar refractivity (Wildman–Crippen MR) is 145 cm³/mol. The molecule has 0 spiro atoms. The standard InChI is InChI=1S/C28H35N3O8S/c1-18(2)15-31(40(34,35)21-8-9-25-20(13-21)14-29-39-25)16-24(32)23(12-19-6-4-3-5-7-19)30-28(33)38-26-17-37-27-22(26)10-11-36-27/h3-9,13-14,18,22-24,26-27,32H,10-12,15-17H2,1-2H3,(H,30,33)/t22?,23-,24?,26?,27?/m0/s1. The Morgan fingerprint density at radius 1 is 1.18 bits per heavy atom. The van der Waals surface area contributed by atoms with E-state index in [1.165, 1.54) is 22.6 Å². The van der Waals surface area contributed by atoms with E-state index in [4.69, 9.17) is 18.7 Å². The van der Waals surface area contributed by atoms with Crippen LogP contribution >= 0.6 is 0 Å². The van der Waals surface area contributed by atoms with Gasteiger partial charge >= 0.3 is 6.09 Å². The van der Waals surface area contributed by atoms with Crippen molar-refractivity contribution in [2.45, 2.75) is 56.1 Å². The number of nitrogens with one attached hydrogen (secondary N) is 1. The summed E-state index contributed by atoms with van der Waals surface area (Å²) in [6.45, 7) is 4.54. The number of aliphatic hydroxyl groups excluding tert-OH is 1. The quantitative estimate of drug-likeness (QED) is 0.354. The number of sulfonamides is 1. The van der Waals surface area contributed by atoms with Gasteiger partial charge in [0.2, 0.25) is 10.0 Å². The molecule has 2 aromatic carbocycles. The summed E-state index contributed by atoms with van der Waals surface area (Å²) < 4.78 is 50.6. The third kappa shape index (κ3) is 6.47. The number of amides is 1. The molecule has 3 heterocycles. The van der Waals surface area contributed by atoms with Crippen LogP contribution in [0.2, 0.25) is 0 Å². The molecule has 40 heavy (non-hydrogen) atoms. The van der Waals surface area contributed by atoms with E-state index in [1.807, 2.05) is 44.2 Å². The van der Waals surface area contributed by atoms with E-state index in [0.29, 0.717) is 17.6 Å². The fourth-order valence-electron chi connectivity index (χ4n) is 5.20. The highest BCUT2D eigenvalue weighted by atomic mass is 32.2. The fraction of sp³-hybridized carbons (Fsp3) is 0.500. The molecule has 216 valence electrons. The number of nitrogens with zero attached hydrogens (tertiary/aromatic N) is 2. The molecule has 0 saturated carbocycles. The van der Waals surface area contributed by atoms with Crippen molar-refractivity contribution in [3.8, 4) is 0 Å². The molecule has 3 aromatic rings. The zero-order valence-electron chi connectivity index (χ0n) is 22.5. The average Bonchev–Trinajstić information content (AvgIpc) is 3.66. The Hall–Kier alpha value is -3.03. The summed E-state index contributed by atoms with van der Waals surface area (Å²) >= 11 is 0. The van der Waals surface area contributed by atoms with E-state index < -0.39 is 34.4 Å². The molecule has 5 rings (SSSR count). The lowest BCUT2D eigenvalue weighted by molar-refractivity contribution is -0.0907. The van der Waals surface area contributed by atoms with Crippen LogP contribution in [0.1, 0.15) is 25.8 Å². The maximum absolute atomic E-state index is 13.7. The predicted octanol–water partition coefficient (Wildman–Crippen LogP) is 2.93. The number of carbonyl (C=O) groups is 1. The largest absolute Gasteiger partial charge is 0.443 e. The van der Waals surface area contributed by atoms with E-state index >= 15 is 0 Å². The van der Waals surface area contributed by atoms with Crippen LogP contribution in [-0.2, 0) is 30.7 Å². The number of aromatic nitrogens is 1. The number of aliphatic hydroxyl groups is 1. The first-order valence-electron chi connectivity index (χ1n) is 13.5. The van der Waals surface area contributed by atoms with Crippen LogP contribution in [0, 0.1) is 11.8 Å². The summed E-state index contributed by atoms with van der Waals surface area (Å²) in [5.74, 6) is -0.0478. The number of fused-ring (bicyclic) bond motifs is 2. The van der Waals surface area contributed by atoms with Crippen molar-refractivity contribution in [1.82, 2.24) is 14.8 Å². The van der Waals surface area contributed by atoms with Crippen LogP contribution in [0.15, 0.2) is 64.1 Å². The van der Waals surface area contributed by atoms with Gasteiger partial charge < -0.3 is 29.2 Å². The van der Waals surface area contributed by atoms with Gasteiger partial charge in [0.15, 0.2) is 11.9 Å². The monoisotopic (exact) mass is 573 g/mol. The van der Waals surface area contributed by atoms with Crippen molar-refractivity contribution >= 4 is 27.1 Å². The van der Waals surface area contributed by atoms with Crippen molar-refractivity contribution in [2.75, 3.05) is 26.3 Å². The Bertz CT molecular complexity index is 1400. The summed E-state index contributed by atoms with van der Waals surface area (Å²) in [4.78, 5) is 13.1. The maximum Gasteiger partial charge on any atom is 0.407 e. The minimum absolute atomic E-state index is 0.0178. The van der Waals surface area contributed by atoms with Crippen molar-refractivity contribution < 1.29 is 37.1 Å². The van der Waals surface area contributed by atoms with Gasteiger partial charge in [-0.15, -0.1) is 0 Å². The second-order valence-corrected chi connectivity index (χ2v) is 12.7. The summed E-state index contributed by atoms with van der Waals surface area (Å²) in [5, 5.41) is 18.5. The zero-order chi connectivity index (χ0) is 28.3. The number of alkyl carbamates (subject to hydrolysis) is 1. The van der Waals surface area contributed by atoms with Gasteiger partial charge in [0.05, 0.1) is 42.4 Å². The first kappa shape index (κ1) is 28.5. The number of benzene rings is 2. The molecule has 1 amide bonds. The number of ether oxygens (including phenoxy) is 3. The van der Waals surface area contributed by atoms with Gasteiger partial charge in [0.1, 0.15) is 6.10 Å². The summed E-state index contributed by atoms with van der Waals surface area (Å²) in [5.41, 5.74) is 1.35. The molecule has 11 nitrogen and oxygen atoms in total. The average molecular weight is 574 g/mol. The molecular formula is C28H35N3O8S. The molecule has 0 radical (unpaired) electrons. The van der Waals surface area contributed by atoms with Gasteiger partial charge in [-0.2, -0.15) is 4.31 Å². The number of hydrogen-bond donors (Lipinski definition) is 2. The van der Waals surface area contributed by atoms with E-state index in [0.717, 1.165) is 12.0 Å². The van der Waals surface area contributed by atoms with Gasteiger partial charge in [-0.05, 0) is 42.5 Å². The highest BCUT2D eigenvalue weighted by molar-refractivity contribution is 7.89. The molecule has 2 aliphatic rings. The molecule has 5 atom stereocenters. The van der Waals surface area contributed by atoms with E-state index in [1.54, 1.807) is 6.07 Å². The fourth-order valence-corrected chi connectivity index (χ4v) is 6.85. The van der Waals surface area contributed by atoms with Gasteiger partial charge in [-0.3, -0.25) is 0 Å². The SMILES string of the molecule is CC(C)CN(CC(O)[C@H](Cc1ccccc1)NC(=O)OC1COC2OCCC12)S(=O)(=O)c1ccc2oncc2c1. The van der Waals surface area contributed by atoms with Gasteiger partial charge in [-0.1, -0.05) is 49.3 Å². The topological polar surface area (TPSA) is 140 Å². The number of carbonyl (C=O) groups excluding carboxylic acids is 1. The molecule has 2 saturated heterocycles. The minimum atomic E-state index is -3.99. The lowest BCUT2D eigenvalue weighted by atomic mass is 10.0. The van der Waals surface area contributed by atoms with Gasteiger partial charge in [-0.25, -0.2) is 13.2 Å². The highest BCUT2D eigenvalue weighted by Gasteiger charge is 2.44. The zero-order valence-corrected chi connectivity index (χ0v) is 23.3. The molecule has 0 bridgehead atoms.